The van der Waals surface area contributed by atoms with Crippen LogP contribution in [0.3, 0.4) is 0 Å². The Balaban J connectivity index is 3.98. The molecule has 0 aliphatic heterocycles. The Morgan fingerprint density at radius 2 is 2.18 bits per heavy atom. The summed E-state index contributed by atoms with van der Waals surface area (Å²) in [6.07, 6.45) is 3.84. The maximum atomic E-state index is 10.2. The molecule has 0 heterocycles. The lowest BCUT2D eigenvalue weighted by molar-refractivity contribution is -0.132. The van der Waals surface area contributed by atoms with Crippen LogP contribution in [0.4, 0.5) is 0 Å². The van der Waals surface area contributed by atoms with E-state index in [-0.39, 0.29) is 5.57 Å². The van der Waals surface area contributed by atoms with Crippen molar-refractivity contribution in [3.63, 3.8) is 0 Å². The molecule has 0 spiro atoms. The van der Waals surface area contributed by atoms with Gasteiger partial charge in [0.1, 0.15) is 0 Å². The van der Waals surface area contributed by atoms with Crippen molar-refractivity contribution >= 4 is 5.97 Å². The zero-order valence-corrected chi connectivity index (χ0v) is 6.63. The lowest BCUT2D eigenvalue weighted by atomic mass is 10.1. The zero-order valence-electron chi connectivity index (χ0n) is 6.63. The highest BCUT2D eigenvalue weighted by molar-refractivity contribution is 5.86. The van der Waals surface area contributed by atoms with Gasteiger partial charge in [-0.1, -0.05) is 30.9 Å². The van der Waals surface area contributed by atoms with Gasteiger partial charge in [0, 0.05) is 5.57 Å². The Hall–Kier alpha value is -1.31. The number of allylic oxidation sites excluding steroid dienone is 3. The van der Waals surface area contributed by atoms with Gasteiger partial charge in [-0.25, -0.2) is 4.79 Å². The number of carboxylic acid groups (broad SMARTS) is 1. The van der Waals surface area contributed by atoms with Crippen molar-refractivity contribution in [1.29, 1.82) is 0 Å². The lowest BCUT2D eigenvalue weighted by Crippen LogP contribution is -1.97. The molecule has 0 rings (SSSR count). The highest BCUT2D eigenvalue weighted by atomic mass is 16.4. The molecule has 0 fully saturated rings. The predicted octanol–water partition coefficient (Wildman–Crippen LogP) is 2.15. The fourth-order valence-corrected chi connectivity index (χ4v) is 0.455. The number of hydrogen-bond acceptors (Lipinski definition) is 1. The van der Waals surface area contributed by atoms with Gasteiger partial charge >= 0.3 is 5.97 Å². The van der Waals surface area contributed by atoms with E-state index >= 15 is 0 Å². The van der Waals surface area contributed by atoms with E-state index < -0.39 is 5.97 Å². The summed E-state index contributed by atoms with van der Waals surface area (Å²) in [6, 6.07) is 0. The van der Waals surface area contributed by atoms with Gasteiger partial charge in [0.15, 0.2) is 0 Å². The number of rotatable bonds is 4. The van der Waals surface area contributed by atoms with Crippen LogP contribution in [0.2, 0.25) is 0 Å². The van der Waals surface area contributed by atoms with Gasteiger partial charge in [-0.05, 0) is 13.3 Å². The van der Waals surface area contributed by atoms with Gasteiger partial charge in [-0.15, -0.1) is 0 Å². The molecule has 0 aromatic rings. The first-order chi connectivity index (χ1) is 5.07. The first-order valence-electron chi connectivity index (χ1n) is 3.28. The topological polar surface area (TPSA) is 37.3 Å². The largest absolute Gasteiger partial charge is 0.478 e. The van der Waals surface area contributed by atoms with E-state index in [2.05, 4.69) is 13.2 Å². The van der Waals surface area contributed by atoms with Crippen LogP contribution >= 0.6 is 0 Å². The molecule has 0 aliphatic carbocycles. The molecule has 0 aromatic heterocycles. The van der Waals surface area contributed by atoms with Crippen LogP contribution in [0.5, 0.6) is 0 Å². The molecule has 0 saturated heterocycles. The molecule has 0 aliphatic rings. The summed E-state index contributed by atoms with van der Waals surface area (Å²) >= 11 is 0. The monoisotopic (exact) mass is 152 g/mol. The molecule has 2 heteroatoms. The highest BCUT2D eigenvalue weighted by Gasteiger charge is 1.99. The molecule has 11 heavy (non-hydrogen) atoms. The fourth-order valence-electron chi connectivity index (χ4n) is 0.455. The minimum atomic E-state index is -0.946. The standard InChI is InChI=1S/C9H12O2/c1-4-7(2)5-6-8(3)9(10)11/h4-5H,1,3,6H2,2H3,(H,10,11). The third kappa shape index (κ3) is 4.14. The Morgan fingerprint density at radius 1 is 1.64 bits per heavy atom. The maximum Gasteiger partial charge on any atom is 0.331 e. The van der Waals surface area contributed by atoms with Crippen LogP contribution in [-0.2, 0) is 4.79 Å². The summed E-state index contributed by atoms with van der Waals surface area (Å²) in [4.78, 5) is 10.2. The minimum absolute atomic E-state index is 0.200. The molecule has 0 radical (unpaired) electrons. The van der Waals surface area contributed by atoms with E-state index in [1.54, 1.807) is 12.2 Å². The van der Waals surface area contributed by atoms with E-state index in [1.165, 1.54) is 0 Å². The number of hydrogen-bond donors (Lipinski definition) is 1. The van der Waals surface area contributed by atoms with E-state index in [0.717, 1.165) is 5.57 Å². The summed E-state index contributed by atoms with van der Waals surface area (Å²) in [5.41, 5.74) is 1.17. The van der Waals surface area contributed by atoms with Crippen molar-refractivity contribution in [2.45, 2.75) is 13.3 Å². The molecule has 0 aromatic carbocycles. The average Bonchev–Trinajstić information content (AvgIpc) is 1.99. The van der Waals surface area contributed by atoms with Gasteiger partial charge in [0.2, 0.25) is 0 Å². The van der Waals surface area contributed by atoms with Gasteiger partial charge < -0.3 is 5.11 Å². The normalized spacial score (nSPS) is 10.8. The fraction of sp³-hybridized carbons (Fsp3) is 0.222. The van der Waals surface area contributed by atoms with Crippen LogP contribution in [0.25, 0.3) is 0 Å². The molecule has 0 unspecified atom stereocenters. The molecule has 0 bridgehead atoms. The lowest BCUT2D eigenvalue weighted by Gasteiger charge is -1.94. The Labute approximate surface area is 66.5 Å². The van der Waals surface area contributed by atoms with Crippen molar-refractivity contribution in [1.82, 2.24) is 0 Å². The predicted molar refractivity (Wildman–Crippen MR) is 45.3 cm³/mol. The number of carbonyl (C=O) groups is 1. The molecular weight excluding hydrogens is 140 g/mol. The number of aliphatic carboxylic acids is 1. The van der Waals surface area contributed by atoms with E-state index in [4.69, 9.17) is 5.11 Å². The van der Waals surface area contributed by atoms with E-state index in [0.29, 0.717) is 6.42 Å². The second-order valence-corrected chi connectivity index (χ2v) is 2.27. The zero-order chi connectivity index (χ0) is 8.85. The Kier molecular flexibility index (Phi) is 3.96. The van der Waals surface area contributed by atoms with Gasteiger partial charge in [0.25, 0.3) is 0 Å². The third-order valence-corrected chi connectivity index (χ3v) is 1.29. The van der Waals surface area contributed by atoms with Gasteiger partial charge in [-0.2, -0.15) is 0 Å². The SMILES string of the molecule is C=CC(C)=CCC(=C)C(=O)O. The second-order valence-electron chi connectivity index (χ2n) is 2.27. The average molecular weight is 152 g/mol. The smallest absolute Gasteiger partial charge is 0.331 e. The number of carboxylic acids is 1. The molecule has 1 N–H and O–H groups in total. The van der Waals surface area contributed by atoms with Crippen LogP contribution in [0.1, 0.15) is 13.3 Å². The van der Waals surface area contributed by atoms with Crippen LogP contribution in [0, 0.1) is 0 Å². The summed E-state index contributed by atoms with van der Waals surface area (Å²) < 4.78 is 0. The van der Waals surface area contributed by atoms with Crippen molar-refractivity contribution in [2.24, 2.45) is 0 Å². The molecule has 0 saturated carbocycles. The molecule has 2 nitrogen and oxygen atoms in total. The van der Waals surface area contributed by atoms with Crippen molar-refractivity contribution in [3.8, 4) is 0 Å². The summed E-state index contributed by atoms with van der Waals surface area (Å²) in [5, 5.41) is 8.41. The summed E-state index contributed by atoms with van der Waals surface area (Å²) in [7, 11) is 0. The van der Waals surface area contributed by atoms with Crippen molar-refractivity contribution in [3.05, 3.63) is 36.5 Å². The first-order valence-corrected chi connectivity index (χ1v) is 3.28. The molecular formula is C9H12O2. The van der Waals surface area contributed by atoms with Crippen LogP contribution < -0.4 is 0 Å². The highest BCUT2D eigenvalue weighted by Crippen LogP contribution is 2.03. The van der Waals surface area contributed by atoms with E-state index in [1.807, 2.05) is 6.92 Å². The summed E-state index contributed by atoms with van der Waals surface area (Å²) in [5.74, 6) is -0.946. The third-order valence-electron chi connectivity index (χ3n) is 1.29. The van der Waals surface area contributed by atoms with Crippen LogP contribution in [-0.4, -0.2) is 11.1 Å². The molecule has 0 amide bonds. The van der Waals surface area contributed by atoms with Gasteiger partial charge in [-0.3, -0.25) is 0 Å². The molecule has 60 valence electrons. The van der Waals surface area contributed by atoms with E-state index in [9.17, 15) is 4.79 Å². The minimum Gasteiger partial charge on any atom is -0.478 e. The summed E-state index contributed by atoms with van der Waals surface area (Å²) in [6.45, 7) is 8.78. The molecule has 0 atom stereocenters. The Bertz CT molecular complexity index is 212. The van der Waals surface area contributed by atoms with Crippen molar-refractivity contribution in [2.75, 3.05) is 0 Å². The quantitative estimate of drug-likeness (QED) is 0.495. The van der Waals surface area contributed by atoms with Gasteiger partial charge in [0.05, 0.1) is 0 Å². The first kappa shape index (κ1) is 9.69. The maximum absolute atomic E-state index is 10.2. The second kappa shape index (κ2) is 4.50. The van der Waals surface area contributed by atoms with Crippen molar-refractivity contribution < 1.29 is 9.90 Å². The van der Waals surface area contributed by atoms with Crippen LogP contribution in [0.15, 0.2) is 36.5 Å². The Morgan fingerprint density at radius 3 is 2.55 bits per heavy atom.